The van der Waals surface area contributed by atoms with E-state index in [1.54, 1.807) is 19.1 Å². The van der Waals surface area contributed by atoms with Crippen LogP contribution in [0.1, 0.15) is 23.7 Å². The molecule has 0 aliphatic heterocycles. The molecule has 0 fully saturated rings. The van der Waals surface area contributed by atoms with Gasteiger partial charge in [0, 0.05) is 20.3 Å². The molecule has 1 rings (SSSR count). The van der Waals surface area contributed by atoms with Crippen molar-refractivity contribution in [2.24, 2.45) is 0 Å². The summed E-state index contributed by atoms with van der Waals surface area (Å²) in [5, 5.41) is 11.3. The molecule has 6 heteroatoms. The summed E-state index contributed by atoms with van der Waals surface area (Å²) in [5.74, 6) is -0.734. The molecule has 0 aromatic carbocycles. The summed E-state index contributed by atoms with van der Waals surface area (Å²) in [6, 6.07) is 2.45. The maximum atomic E-state index is 11.8. The number of rotatable bonds is 5. The highest BCUT2D eigenvalue weighted by atomic mass is 16.4. The summed E-state index contributed by atoms with van der Waals surface area (Å²) >= 11 is 0. The van der Waals surface area contributed by atoms with E-state index in [0.717, 1.165) is 5.82 Å². The quantitative estimate of drug-likeness (QED) is 0.806. The van der Waals surface area contributed by atoms with E-state index >= 15 is 0 Å². The number of carbonyl (C=O) groups is 2. The van der Waals surface area contributed by atoms with Crippen LogP contribution in [0.15, 0.2) is 18.3 Å². The topological polar surface area (TPSA) is 82.5 Å². The smallest absolute Gasteiger partial charge is 0.326 e. The molecule has 18 heavy (non-hydrogen) atoms. The molecule has 1 aromatic heterocycles. The van der Waals surface area contributed by atoms with Crippen LogP contribution in [0.25, 0.3) is 0 Å². The summed E-state index contributed by atoms with van der Waals surface area (Å²) < 4.78 is 0. The summed E-state index contributed by atoms with van der Waals surface area (Å²) in [6.07, 6.45) is 1.77. The number of carbonyl (C=O) groups excluding carboxylic acids is 1. The van der Waals surface area contributed by atoms with Crippen molar-refractivity contribution in [3.63, 3.8) is 0 Å². The third-order valence-electron chi connectivity index (χ3n) is 2.48. The number of hydrogen-bond acceptors (Lipinski definition) is 4. The van der Waals surface area contributed by atoms with Crippen molar-refractivity contribution < 1.29 is 14.7 Å². The number of nitrogens with zero attached hydrogens (tertiary/aromatic N) is 2. The summed E-state index contributed by atoms with van der Waals surface area (Å²) in [4.78, 5) is 28.5. The molecule has 2 N–H and O–H groups in total. The van der Waals surface area contributed by atoms with E-state index in [9.17, 15) is 9.59 Å². The number of hydrogen-bond donors (Lipinski definition) is 2. The Labute approximate surface area is 106 Å². The SMILES string of the molecule is CC[C@H](NC(=O)c1ccc(N(C)C)nc1)C(=O)O. The number of aliphatic carboxylic acids is 1. The number of amides is 1. The first-order chi connectivity index (χ1) is 8.45. The predicted octanol–water partition coefficient (Wildman–Crippen LogP) is 0.741. The fourth-order valence-electron chi connectivity index (χ4n) is 1.36. The minimum absolute atomic E-state index is 0.338. The Bertz CT molecular complexity index is 429. The third kappa shape index (κ3) is 3.44. The number of carboxylic acids is 1. The maximum absolute atomic E-state index is 11.8. The Morgan fingerprint density at radius 2 is 2.11 bits per heavy atom. The van der Waals surface area contributed by atoms with Gasteiger partial charge >= 0.3 is 5.97 Å². The molecule has 1 amide bonds. The second-order valence-corrected chi connectivity index (χ2v) is 4.07. The zero-order chi connectivity index (χ0) is 13.7. The van der Waals surface area contributed by atoms with E-state index in [4.69, 9.17) is 5.11 Å². The number of carboxylic acid groups (broad SMARTS) is 1. The number of anilines is 1. The van der Waals surface area contributed by atoms with Gasteiger partial charge in [0.15, 0.2) is 0 Å². The van der Waals surface area contributed by atoms with Crippen molar-refractivity contribution in [1.82, 2.24) is 10.3 Å². The van der Waals surface area contributed by atoms with Gasteiger partial charge in [0.2, 0.25) is 0 Å². The minimum Gasteiger partial charge on any atom is -0.480 e. The van der Waals surface area contributed by atoms with Crippen LogP contribution < -0.4 is 10.2 Å². The maximum Gasteiger partial charge on any atom is 0.326 e. The highest BCUT2D eigenvalue weighted by molar-refractivity contribution is 5.96. The first-order valence-electron chi connectivity index (χ1n) is 5.62. The Hall–Kier alpha value is -2.11. The van der Waals surface area contributed by atoms with Gasteiger partial charge in [-0.2, -0.15) is 0 Å². The molecule has 0 saturated carbocycles. The first kappa shape index (κ1) is 14.0. The number of nitrogens with one attached hydrogen (secondary N) is 1. The molecule has 0 aliphatic rings. The molecule has 1 atom stereocenters. The number of pyridine rings is 1. The van der Waals surface area contributed by atoms with E-state index < -0.39 is 17.9 Å². The highest BCUT2D eigenvalue weighted by Crippen LogP contribution is 2.08. The van der Waals surface area contributed by atoms with Crippen LogP contribution in [0.3, 0.4) is 0 Å². The molecule has 0 spiro atoms. The Morgan fingerprint density at radius 1 is 1.44 bits per heavy atom. The van der Waals surface area contributed by atoms with Crippen LogP contribution in [0.5, 0.6) is 0 Å². The van der Waals surface area contributed by atoms with E-state index in [2.05, 4.69) is 10.3 Å². The lowest BCUT2D eigenvalue weighted by Gasteiger charge is -2.13. The summed E-state index contributed by atoms with van der Waals surface area (Å²) in [5.41, 5.74) is 0.348. The third-order valence-corrected chi connectivity index (χ3v) is 2.48. The zero-order valence-corrected chi connectivity index (χ0v) is 10.7. The second kappa shape index (κ2) is 6.00. The normalized spacial score (nSPS) is 11.7. The monoisotopic (exact) mass is 251 g/mol. The van der Waals surface area contributed by atoms with Gasteiger partial charge in [-0.25, -0.2) is 9.78 Å². The van der Waals surface area contributed by atoms with E-state index in [0.29, 0.717) is 12.0 Å². The Kier molecular flexibility index (Phi) is 4.65. The first-order valence-corrected chi connectivity index (χ1v) is 5.62. The van der Waals surface area contributed by atoms with Gasteiger partial charge in [-0.15, -0.1) is 0 Å². The van der Waals surface area contributed by atoms with Crippen LogP contribution >= 0.6 is 0 Å². The lowest BCUT2D eigenvalue weighted by atomic mass is 10.2. The molecule has 1 aromatic rings. The van der Waals surface area contributed by atoms with Gasteiger partial charge in [0.1, 0.15) is 11.9 Å². The minimum atomic E-state index is -1.04. The molecule has 6 nitrogen and oxygen atoms in total. The molecule has 0 saturated heterocycles. The van der Waals surface area contributed by atoms with Gasteiger partial charge in [0.25, 0.3) is 5.91 Å². The lowest BCUT2D eigenvalue weighted by Crippen LogP contribution is -2.40. The summed E-state index contributed by atoms with van der Waals surface area (Å²) in [7, 11) is 3.69. The van der Waals surface area contributed by atoms with Crippen LogP contribution in [-0.2, 0) is 4.79 Å². The van der Waals surface area contributed by atoms with Crippen molar-refractivity contribution in [3.05, 3.63) is 23.9 Å². The predicted molar refractivity (Wildman–Crippen MR) is 67.7 cm³/mol. The molecule has 0 aliphatic carbocycles. The zero-order valence-electron chi connectivity index (χ0n) is 10.7. The van der Waals surface area contributed by atoms with Crippen molar-refractivity contribution in [2.45, 2.75) is 19.4 Å². The van der Waals surface area contributed by atoms with Gasteiger partial charge in [-0.3, -0.25) is 4.79 Å². The molecular weight excluding hydrogens is 234 g/mol. The molecular formula is C12H17N3O3. The molecule has 98 valence electrons. The van der Waals surface area contributed by atoms with Crippen molar-refractivity contribution in [3.8, 4) is 0 Å². The number of aromatic nitrogens is 1. The van der Waals surface area contributed by atoms with Crippen LogP contribution in [0.2, 0.25) is 0 Å². The lowest BCUT2D eigenvalue weighted by molar-refractivity contribution is -0.139. The fourth-order valence-corrected chi connectivity index (χ4v) is 1.36. The van der Waals surface area contributed by atoms with E-state index in [1.807, 2.05) is 19.0 Å². The highest BCUT2D eigenvalue weighted by Gasteiger charge is 2.18. The van der Waals surface area contributed by atoms with Crippen molar-refractivity contribution in [2.75, 3.05) is 19.0 Å². The molecule has 1 heterocycles. The van der Waals surface area contributed by atoms with Gasteiger partial charge in [-0.05, 0) is 18.6 Å². The fraction of sp³-hybridized carbons (Fsp3) is 0.417. The average Bonchev–Trinajstić information content (AvgIpc) is 2.35. The van der Waals surface area contributed by atoms with Gasteiger partial charge in [0.05, 0.1) is 5.56 Å². The van der Waals surface area contributed by atoms with Crippen LogP contribution in [0, 0.1) is 0 Å². The van der Waals surface area contributed by atoms with Gasteiger partial charge < -0.3 is 15.3 Å². The Morgan fingerprint density at radius 3 is 2.50 bits per heavy atom. The van der Waals surface area contributed by atoms with Crippen LogP contribution in [0.4, 0.5) is 5.82 Å². The summed E-state index contributed by atoms with van der Waals surface area (Å²) in [6.45, 7) is 1.70. The molecule has 0 radical (unpaired) electrons. The largest absolute Gasteiger partial charge is 0.480 e. The van der Waals surface area contributed by atoms with E-state index in [-0.39, 0.29) is 0 Å². The van der Waals surface area contributed by atoms with Crippen LogP contribution in [-0.4, -0.2) is 42.1 Å². The van der Waals surface area contributed by atoms with Crippen molar-refractivity contribution in [1.29, 1.82) is 0 Å². The standard InChI is InChI=1S/C12H17N3O3/c1-4-9(12(17)18)14-11(16)8-5-6-10(13-7-8)15(2)3/h5-7,9H,4H2,1-3H3,(H,14,16)(H,17,18)/t9-/m0/s1. The van der Waals surface area contributed by atoms with Crippen molar-refractivity contribution >= 4 is 17.7 Å². The second-order valence-electron chi connectivity index (χ2n) is 4.07. The molecule has 0 bridgehead atoms. The Balaban J connectivity index is 2.75. The molecule has 0 unspecified atom stereocenters. The average molecular weight is 251 g/mol. The van der Waals surface area contributed by atoms with Gasteiger partial charge in [-0.1, -0.05) is 6.92 Å². The van der Waals surface area contributed by atoms with E-state index in [1.165, 1.54) is 6.20 Å².